The third-order valence-electron chi connectivity index (χ3n) is 2.24. The van der Waals surface area contributed by atoms with E-state index in [4.69, 9.17) is 4.74 Å². The standard InChI is InChI=1S/C12H16N2O3/c1-9(2)11(7-15)14-12(16)17-8-10-4-3-5-13-6-10/h3-7,9,11H,8H2,1-2H3,(H,14,16). The average molecular weight is 236 g/mol. The second-order valence-corrected chi connectivity index (χ2v) is 3.99. The molecule has 0 bridgehead atoms. The minimum Gasteiger partial charge on any atom is -0.445 e. The molecule has 0 saturated heterocycles. The minimum atomic E-state index is -0.598. The maximum absolute atomic E-state index is 11.4. The Morgan fingerprint density at radius 3 is 2.88 bits per heavy atom. The molecule has 0 spiro atoms. The third-order valence-corrected chi connectivity index (χ3v) is 2.24. The van der Waals surface area contributed by atoms with Crippen LogP contribution in [0.15, 0.2) is 24.5 Å². The number of nitrogens with one attached hydrogen (secondary N) is 1. The van der Waals surface area contributed by atoms with Crippen LogP contribution < -0.4 is 5.32 Å². The molecule has 0 aliphatic rings. The van der Waals surface area contributed by atoms with Gasteiger partial charge >= 0.3 is 6.09 Å². The Bertz CT molecular complexity index is 365. The number of ether oxygens (including phenoxy) is 1. The molecule has 5 nitrogen and oxygen atoms in total. The quantitative estimate of drug-likeness (QED) is 0.787. The first kappa shape index (κ1) is 13.2. The average Bonchev–Trinajstić information content (AvgIpc) is 2.34. The summed E-state index contributed by atoms with van der Waals surface area (Å²) in [5.41, 5.74) is 0.801. The van der Waals surface area contributed by atoms with Gasteiger partial charge in [-0.15, -0.1) is 0 Å². The van der Waals surface area contributed by atoms with Gasteiger partial charge in [-0.1, -0.05) is 19.9 Å². The van der Waals surface area contributed by atoms with Crippen molar-refractivity contribution in [2.24, 2.45) is 5.92 Å². The number of rotatable bonds is 5. The van der Waals surface area contributed by atoms with Crippen LogP contribution in [0.1, 0.15) is 19.4 Å². The van der Waals surface area contributed by atoms with Gasteiger partial charge in [0.05, 0.1) is 6.04 Å². The van der Waals surface area contributed by atoms with Crippen molar-refractivity contribution < 1.29 is 14.3 Å². The minimum absolute atomic E-state index is 0.0402. The van der Waals surface area contributed by atoms with Gasteiger partial charge in [-0.2, -0.15) is 0 Å². The number of carbonyl (C=O) groups is 2. The predicted molar refractivity (Wildman–Crippen MR) is 62.2 cm³/mol. The maximum Gasteiger partial charge on any atom is 0.408 e. The Morgan fingerprint density at radius 1 is 1.59 bits per heavy atom. The van der Waals surface area contributed by atoms with Crippen LogP contribution in [0.2, 0.25) is 0 Å². The van der Waals surface area contributed by atoms with Gasteiger partial charge in [-0.25, -0.2) is 4.79 Å². The molecule has 0 saturated carbocycles. The molecule has 1 unspecified atom stereocenters. The molecule has 0 fully saturated rings. The fourth-order valence-electron chi connectivity index (χ4n) is 1.17. The zero-order chi connectivity index (χ0) is 12.7. The van der Waals surface area contributed by atoms with Gasteiger partial charge in [0, 0.05) is 18.0 Å². The highest BCUT2D eigenvalue weighted by Gasteiger charge is 2.15. The fraction of sp³-hybridized carbons (Fsp3) is 0.417. The number of hydrogen-bond donors (Lipinski definition) is 1. The Hall–Kier alpha value is -1.91. The van der Waals surface area contributed by atoms with Crippen molar-refractivity contribution in [3.63, 3.8) is 0 Å². The van der Waals surface area contributed by atoms with Crippen LogP contribution in [0.25, 0.3) is 0 Å². The van der Waals surface area contributed by atoms with E-state index in [0.29, 0.717) is 6.29 Å². The summed E-state index contributed by atoms with van der Waals surface area (Å²) in [4.78, 5) is 26.0. The van der Waals surface area contributed by atoms with E-state index in [0.717, 1.165) is 5.56 Å². The molecule has 0 aliphatic heterocycles. The van der Waals surface area contributed by atoms with E-state index in [-0.39, 0.29) is 12.5 Å². The van der Waals surface area contributed by atoms with Crippen LogP contribution >= 0.6 is 0 Å². The van der Waals surface area contributed by atoms with Gasteiger partial charge < -0.3 is 14.8 Å². The zero-order valence-corrected chi connectivity index (χ0v) is 9.92. The lowest BCUT2D eigenvalue weighted by atomic mass is 10.1. The summed E-state index contributed by atoms with van der Waals surface area (Å²) in [6, 6.07) is 3.05. The molecule has 1 N–H and O–H groups in total. The topological polar surface area (TPSA) is 68.3 Å². The van der Waals surface area contributed by atoms with Gasteiger partial charge in [0.25, 0.3) is 0 Å². The first-order valence-corrected chi connectivity index (χ1v) is 5.41. The lowest BCUT2D eigenvalue weighted by Gasteiger charge is -2.15. The van der Waals surface area contributed by atoms with Crippen LogP contribution in [-0.4, -0.2) is 23.4 Å². The molecule has 0 radical (unpaired) electrons. The van der Waals surface area contributed by atoms with Crippen molar-refractivity contribution in [3.8, 4) is 0 Å². The highest BCUT2D eigenvalue weighted by Crippen LogP contribution is 2.01. The number of pyridine rings is 1. The van der Waals surface area contributed by atoms with Crippen molar-refractivity contribution in [2.45, 2.75) is 26.5 Å². The summed E-state index contributed by atoms with van der Waals surface area (Å²) in [6.07, 6.45) is 3.37. The summed E-state index contributed by atoms with van der Waals surface area (Å²) < 4.78 is 4.96. The molecule has 1 aromatic heterocycles. The molecule has 92 valence electrons. The molecule has 1 atom stereocenters. The van der Waals surface area contributed by atoms with E-state index in [1.807, 2.05) is 13.8 Å². The van der Waals surface area contributed by atoms with Crippen LogP contribution in [0.5, 0.6) is 0 Å². The van der Waals surface area contributed by atoms with Gasteiger partial charge in [-0.05, 0) is 12.0 Å². The van der Waals surface area contributed by atoms with Crippen LogP contribution in [0, 0.1) is 5.92 Å². The summed E-state index contributed by atoms with van der Waals surface area (Å²) in [7, 11) is 0. The predicted octanol–water partition coefficient (Wildman–Crippen LogP) is 1.53. The SMILES string of the molecule is CC(C)C(C=O)NC(=O)OCc1cccnc1. The Morgan fingerprint density at radius 2 is 2.35 bits per heavy atom. The van der Waals surface area contributed by atoms with Crippen molar-refractivity contribution in [2.75, 3.05) is 0 Å². The maximum atomic E-state index is 11.4. The summed E-state index contributed by atoms with van der Waals surface area (Å²) >= 11 is 0. The highest BCUT2D eigenvalue weighted by atomic mass is 16.5. The molecule has 5 heteroatoms. The molecule has 17 heavy (non-hydrogen) atoms. The zero-order valence-electron chi connectivity index (χ0n) is 9.92. The number of alkyl carbamates (subject to hydrolysis) is 1. The Kier molecular flexibility index (Phi) is 5.13. The van der Waals surface area contributed by atoms with E-state index in [1.54, 1.807) is 24.5 Å². The number of amides is 1. The Labute approximate surface area is 100 Å². The van der Waals surface area contributed by atoms with Crippen molar-refractivity contribution in [1.29, 1.82) is 0 Å². The van der Waals surface area contributed by atoms with E-state index >= 15 is 0 Å². The normalized spacial score (nSPS) is 11.9. The summed E-state index contributed by atoms with van der Waals surface area (Å²) in [5.74, 6) is 0.0402. The lowest BCUT2D eigenvalue weighted by Crippen LogP contribution is -2.39. The first-order chi connectivity index (χ1) is 8.13. The van der Waals surface area contributed by atoms with E-state index in [9.17, 15) is 9.59 Å². The van der Waals surface area contributed by atoms with Crippen molar-refractivity contribution >= 4 is 12.4 Å². The lowest BCUT2D eigenvalue weighted by molar-refractivity contribution is -0.110. The molecule has 1 rings (SSSR count). The van der Waals surface area contributed by atoms with Gasteiger partial charge in [-0.3, -0.25) is 4.98 Å². The second kappa shape index (κ2) is 6.62. The number of aldehydes is 1. The molecule has 0 aliphatic carbocycles. The molecule has 0 aromatic carbocycles. The van der Waals surface area contributed by atoms with E-state index in [2.05, 4.69) is 10.3 Å². The molecule has 1 aromatic rings. The molecular weight excluding hydrogens is 220 g/mol. The monoisotopic (exact) mass is 236 g/mol. The van der Waals surface area contributed by atoms with Gasteiger partial charge in [0.1, 0.15) is 12.9 Å². The van der Waals surface area contributed by atoms with Gasteiger partial charge in [0.2, 0.25) is 0 Å². The summed E-state index contributed by atoms with van der Waals surface area (Å²) in [6.45, 7) is 3.84. The molecule has 1 heterocycles. The van der Waals surface area contributed by atoms with Crippen LogP contribution in [0.4, 0.5) is 4.79 Å². The molecule has 1 amide bonds. The summed E-state index contributed by atoms with van der Waals surface area (Å²) in [5, 5.41) is 2.49. The number of carbonyl (C=O) groups excluding carboxylic acids is 2. The highest BCUT2D eigenvalue weighted by molar-refractivity contribution is 5.73. The van der Waals surface area contributed by atoms with Crippen LogP contribution in [0.3, 0.4) is 0 Å². The van der Waals surface area contributed by atoms with Gasteiger partial charge in [0.15, 0.2) is 0 Å². The van der Waals surface area contributed by atoms with E-state index in [1.165, 1.54) is 0 Å². The number of aromatic nitrogens is 1. The van der Waals surface area contributed by atoms with E-state index < -0.39 is 12.1 Å². The van der Waals surface area contributed by atoms with Crippen LogP contribution in [-0.2, 0) is 16.1 Å². The second-order valence-electron chi connectivity index (χ2n) is 3.99. The Balaban J connectivity index is 2.37. The van der Waals surface area contributed by atoms with Crippen molar-refractivity contribution in [3.05, 3.63) is 30.1 Å². The largest absolute Gasteiger partial charge is 0.445 e. The third kappa shape index (κ3) is 4.63. The van der Waals surface area contributed by atoms with Crippen molar-refractivity contribution in [1.82, 2.24) is 10.3 Å². The smallest absolute Gasteiger partial charge is 0.408 e. The number of nitrogens with zero attached hydrogens (tertiary/aromatic N) is 1. The fourth-order valence-corrected chi connectivity index (χ4v) is 1.17. The first-order valence-electron chi connectivity index (χ1n) is 5.41. The molecular formula is C12H16N2O3. The number of hydrogen-bond acceptors (Lipinski definition) is 4.